The molecule has 1 nitrogen and oxygen atoms in total. The Morgan fingerprint density at radius 2 is 1.93 bits per heavy atom. The predicted octanol–water partition coefficient (Wildman–Crippen LogP) is 2.78. The van der Waals surface area contributed by atoms with Gasteiger partial charge in [0.2, 0.25) is 0 Å². The summed E-state index contributed by atoms with van der Waals surface area (Å²) in [5, 5.41) is 0. The van der Waals surface area contributed by atoms with Gasteiger partial charge in [-0.15, -0.1) is 0 Å². The molecule has 1 fully saturated rings. The van der Waals surface area contributed by atoms with Crippen LogP contribution in [0, 0.1) is 5.82 Å². The summed E-state index contributed by atoms with van der Waals surface area (Å²) in [7, 11) is 0. The number of hydrogen-bond acceptors (Lipinski definition) is 1. The summed E-state index contributed by atoms with van der Waals surface area (Å²) in [4.78, 5) is 0. The number of alkyl halides is 2. The van der Waals surface area contributed by atoms with E-state index in [1.807, 2.05) is 0 Å². The summed E-state index contributed by atoms with van der Waals surface area (Å²) in [5.41, 5.74) is 3.46. The van der Waals surface area contributed by atoms with Crippen LogP contribution in [0.2, 0.25) is 0 Å². The summed E-state index contributed by atoms with van der Waals surface area (Å²) < 4.78 is 39.5. The predicted molar refractivity (Wildman–Crippen MR) is 49.5 cm³/mol. The van der Waals surface area contributed by atoms with Gasteiger partial charge in [-0.2, -0.15) is 0 Å². The average Bonchev–Trinajstić information content (AvgIpc) is 2.50. The first-order chi connectivity index (χ1) is 6.37. The Kier molecular flexibility index (Phi) is 1.95. The minimum absolute atomic E-state index is 0.120. The number of halogens is 4. The van der Waals surface area contributed by atoms with Crippen molar-refractivity contribution in [3.63, 3.8) is 0 Å². The van der Waals surface area contributed by atoms with E-state index in [1.54, 1.807) is 0 Å². The Labute approximate surface area is 87.2 Å². The lowest BCUT2D eigenvalue weighted by atomic mass is 10.1. The van der Waals surface area contributed by atoms with Crippen molar-refractivity contribution < 1.29 is 13.2 Å². The van der Waals surface area contributed by atoms with Gasteiger partial charge in [0.15, 0.2) is 0 Å². The van der Waals surface area contributed by atoms with E-state index in [2.05, 4.69) is 15.9 Å². The summed E-state index contributed by atoms with van der Waals surface area (Å²) in [6, 6.07) is 3.93. The molecule has 2 N–H and O–H groups in total. The quantitative estimate of drug-likeness (QED) is 0.831. The van der Waals surface area contributed by atoms with Crippen molar-refractivity contribution >= 4 is 15.9 Å². The van der Waals surface area contributed by atoms with E-state index < -0.39 is 23.7 Å². The minimum Gasteiger partial charge on any atom is -0.316 e. The molecule has 14 heavy (non-hydrogen) atoms. The molecule has 0 saturated heterocycles. The first kappa shape index (κ1) is 9.98. The molecule has 0 heterocycles. The number of nitrogens with two attached hydrogens (primary N) is 1. The van der Waals surface area contributed by atoms with Crippen molar-refractivity contribution in [2.75, 3.05) is 0 Å². The molecule has 1 atom stereocenters. The van der Waals surface area contributed by atoms with Crippen molar-refractivity contribution in [2.24, 2.45) is 5.73 Å². The van der Waals surface area contributed by atoms with Crippen molar-refractivity contribution in [1.82, 2.24) is 0 Å². The maximum Gasteiger partial charge on any atom is 0.272 e. The van der Waals surface area contributed by atoms with E-state index in [9.17, 15) is 13.2 Å². The van der Waals surface area contributed by atoms with Crippen LogP contribution < -0.4 is 5.73 Å². The summed E-state index contributed by atoms with van der Waals surface area (Å²) >= 11 is 3.04. The molecule has 76 valence electrons. The van der Waals surface area contributed by atoms with Crippen LogP contribution >= 0.6 is 15.9 Å². The first-order valence-electron chi connectivity index (χ1n) is 3.99. The van der Waals surface area contributed by atoms with Crippen LogP contribution in [-0.2, 0) is 5.54 Å². The maximum atomic E-state index is 13.3. The van der Waals surface area contributed by atoms with Gasteiger partial charge in [0.1, 0.15) is 11.4 Å². The molecule has 1 aliphatic carbocycles. The highest BCUT2D eigenvalue weighted by Gasteiger charge is 2.70. The van der Waals surface area contributed by atoms with Gasteiger partial charge in [-0.3, -0.25) is 0 Å². The molecule has 0 spiro atoms. The van der Waals surface area contributed by atoms with Crippen LogP contribution in [0.5, 0.6) is 0 Å². The van der Waals surface area contributed by atoms with E-state index in [4.69, 9.17) is 5.73 Å². The van der Waals surface area contributed by atoms with Gasteiger partial charge < -0.3 is 5.73 Å². The third kappa shape index (κ3) is 1.26. The highest BCUT2D eigenvalue weighted by Crippen LogP contribution is 2.58. The zero-order valence-electron chi connectivity index (χ0n) is 7.03. The average molecular weight is 266 g/mol. The van der Waals surface area contributed by atoms with E-state index in [-0.39, 0.29) is 5.56 Å². The second-order valence-corrected chi connectivity index (χ2v) is 4.39. The lowest BCUT2D eigenvalue weighted by Crippen LogP contribution is -2.28. The SMILES string of the molecule is NC1(c2ccc(Br)cc2F)CC1(F)F. The maximum absolute atomic E-state index is 13.3. The number of hydrogen-bond donors (Lipinski definition) is 1. The smallest absolute Gasteiger partial charge is 0.272 e. The normalized spacial score (nSPS) is 28.9. The first-order valence-corrected chi connectivity index (χ1v) is 4.78. The third-order valence-corrected chi connectivity index (χ3v) is 2.93. The Morgan fingerprint density at radius 1 is 1.36 bits per heavy atom. The molecule has 1 aliphatic rings. The molecule has 1 aromatic carbocycles. The fraction of sp³-hybridized carbons (Fsp3) is 0.333. The highest BCUT2D eigenvalue weighted by atomic mass is 79.9. The van der Waals surface area contributed by atoms with Gasteiger partial charge in [-0.25, -0.2) is 13.2 Å². The van der Waals surface area contributed by atoms with Crippen LogP contribution in [0.4, 0.5) is 13.2 Å². The fourth-order valence-corrected chi connectivity index (χ4v) is 1.78. The molecule has 0 aromatic heterocycles. The highest BCUT2D eigenvalue weighted by molar-refractivity contribution is 9.10. The largest absolute Gasteiger partial charge is 0.316 e. The molecule has 0 amide bonds. The Morgan fingerprint density at radius 3 is 2.36 bits per heavy atom. The van der Waals surface area contributed by atoms with Crippen LogP contribution in [0.25, 0.3) is 0 Å². The Balaban J connectivity index is 2.45. The summed E-state index contributed by atoms with van der Waals surface area (Å²) in [6.07, 6.45) is -0.488. The van der Waals surface area contributed by atoms with E-state index in [0.29, 0.717) is 4.47 Å². The third-order valence-electron chi connectivity index (χ3n) is 2.44. The van der Waals surface area contributed by atoms with E-state index in [0.717, 1.165) is 6.07 Å². The second kappa shape index (κ2) is 2.73. The van der Waals surface area contributed by atoms with Gasteiger partial charge >= 0.3 is 0 Å². The standard InChI is InChI=1S/C9H7BrF3N/c10-5-1-2-6(7(11)3-5)8(14)4-9(8,12)13/h1-3H,4,14H2. The fourth-order valence-electron chi connectivity index (χ4n) is 1.45. The van der Waals surface area contributed by atoms with Crippen LogP contribution in [0.15, 0.2) is 22.7 Å². The van der Waals surface area contributed by atoms with Crippen molar-refractivity contribution in [3.8, 4) is 0 Å². The Bertz CT molecular complexity index is 394. The molecule has 1 saturated carbocycles. The number of rotatable bonds is 1. The Hall–Kier alpha value is -0.550. The molecule has 0 radical (unpaired) electrons. The molecule has 2 rings (SSSR count). The molecular weight excluding hydrogens is 259 g/mol. The zero-order valence-corrected chi connectivity index (χ0v) is 8.61. The van der Waals surface area contributed by atoms with Gasteiger partial charge in [-0.05, 0) is 12.1 Å². The molecule has 1 unspecified atom stereocenters. The number of benzene rings is 1. The minimum atomic E-state index is -2.98. The second-order valence-electron chi connectivity index (χ2n) is 3.48. The van der Waals surface area contributed by atoms with Crippen molar-refractivity contribution in [2.45, 2.75) is 17.9 Å². The molecule has 5 heteroatoms. The topological polar surface area (TPSA) is 26.0 Å². The lowest BCUT2D eigenvalue weighted by Gasteiger charge is -2.11. The van der Waals surface area contributed by atoms with Crippen LogP contribution in [0.1, 0.15) is 12.0 Å². The molecular formula is C9H7BrF3N. The molecule has 0 aliphatic heterocycles. The van der Waals surface area contributed by atoms with Crippen LogP contribution in [-0.4, -0.2) is 5.92 Å². The van der Waals surface area contributed by atoms with Gasteiger partial charge in [0.25, 0.3) is 5.92 Å². The van der Waals surface area contributed by atoms with Gasteiger partial charge in [0.05, 0.1) is 0 Å². The summed E-state index contributed by atoms with van der Waals surface area (Å²) in [6.45, 7) is 0. The van der Waals surface area contributed by atoms with Crippen molar-refractivity contribution in [3.05, 3.63) is 34.1 Å². The lowest BCUT2D eigenvalue weighted by molar-refractivity contribution is 0.0881. The summed E-state index contributed by atoms with van der Waals surface area (Å²) in [5.74, 6) is -3.68. The van der Waals surface area contributed by atoms with Crippen molar-refractivity contribution in [1.29, 1.82) is 0 Å². The monoisotopic (exact) mass is 265 g/mol. The molecule has 1 aromatic rings. The zero-order chi connectivity index (χ0) is 10.6. The van der Waals surface area contributed by atoms with E-state index >= 15 is 0 Å². The van der Waals surface area contributed by atoms with E-state index in [1.165, 1.54) is 12.1 Å². The van der Waals surface area contributed by atoms with Gasteiger partial charge in [-0.1, -0.05) is 22.0 Å². The van der Waals surface area contributed by atoms with Gasteiger partial charge in [0, 0.05) is 16.5 Å². The molecule has 0 bridgehead atoms. The van der Waals surface area contributed by atoms with Crippen LogP contribution in [0.3, 0.4) is 0 Å².